The molecule has 0 bridgehead atoms. The van der Waals surface area contributed by atoms with E-state index in [1.54, 1.807) is 30.7 Å². The Morgan fingerprint density at radius 3 is 2.72 bits per heavy atom. The van der Waals surface area contributed by atoms with Crippen LogP contribution in [0, 0.1) is 0 Å². The van der Waals surface area contributed by atoms with Gasteiger partial charge >= 0.3 is 0 Å². The average Bonchev–Trinajstić information content (AvgIpc) is 3.23. The van der Waals surface area contributed by atoms with Gasteiger partial charge in [0.2, 0.25) is 5.91 Å². The zero-order chi connectivity index (χ0) is 17.6. The van der Waals surface area contributed by atoms with E-state index < -0.39 is 0 Å². The Kier molecular flexibility index (Phi) is 6.09. The van der Waals surface area contributed by atoms with Crippen molar-refractivity contribution in [2.24, 2.45) is 0 Å². The van der Waals surface area contributed by atoms with E-state index in [0.717, 1.165) is 16.2 Å². The van der Waals surface area contributed by atoms with Gasteiger partial charge in [0.1, 0.15) is 5.76 Å². The van der Waals surface area contributed by atoms with Crippen LogP contribution in [0.2, 0.25) is 10.0 Å². The number of thiazole rings is 1. The molecule has 8 heteroatoms. The SMILES string of the molecule is O=C(CNCc1ccco1)Nc1ncc(Cc2c(Cl)cccc2Cl)s1. The summed E-state index contributed by atoms with van der Waals surface area (Å²) < 4.78 is 5.19. The molecule has 0 aliphatic heterocycles. The van der Waals surface area contributed by atoms with E-state index in [-0.39, 0.29) is 12.5 Å². The fourth-order valence-electron chi connectivity index (χ4n) is 2.20. The number of carbonyl (C=O) groups is 1. The molecule has 0 aliphatic rings. The Morgan fingerprint density at radius 2 is 2.00 bits per heavy atom. The van der Waals surface area contributed by atoms with Crippen LogP contribution in [0.3, 0.4) is 0 Å². The fourth-order valence-corrected chi connectivity index (χ4v) is 3.57. The zero-order valence-electron chi connectivity index (χ0n) is 13.1. The van der Waals surface area contributed by atoms with Crippen LogP contribution in [-0.4, -0.2) is 17.4 Å². The Labute approximate surface area is 159 Å². The van der Waals surface area contributed by atoms with Crippen molar-refractivity contribution in [2.75, 3.05) is 11.9 Å². The predicted octanol–water partition coefficient (Wildman–Crippen LogP) is 4.36. The van der Waals surface area contributed by atoms with Gasteiger partial charge in [-0.15, -0.1) is 11.3 Å². The van der Waals surface area contributed by atoms with Crippen molar-refractivity contribution in [1.82, 2.24) is 10.3 Å². The number of furan rings is 1. The molecule has 2 heterocycles. The third-order valence-corrected chi connectivity index (χ3v) is 5.00. The molecule has 0 aliphatic carbocycles. The summed E-state index contributed by atoms with van der Waals surface area (Å²) in [5.41, 5.74) is 0.854. The highest BCUT2D eigenvalue weighted by atomic mass is 35.5. The molecular weight excluding hydrogens is 381 g/mol. The molecule has 5 nitrogen and oxygen atoms in total. The van der Waals surface area contributed by atoms with Crippen LogP contribution in [0.1, 0.15) is 16.2 Å². The highest BCUT2D eigenvalue weighted by Gasteiger charge is 2.11. The van der Waals surface area contributed by atoms with Crippen LogP contribution in [-0.2, 0) is 17.8 Å². The third kappa shape index (κ3) is 5.06. The molecule has 1 amide bonds. The van der Waals surface area contributed by atoms with Crippen LogP contribution in [0.25, 0.3) is 0 Å². The van der Waals surface area contributed by atoms with Gasteiger partial charge in [0.25, 0.3) is 0 Å². The minimum absolute atomic E-state index is 0.164. The van der Waals surface area contributed by atoms with Crippen molar-refractivity contribution in [2.45, 2.75) is 13.0 Å². The first-order chi connectivity index (χ1) is 12.1. The maximum atomic E-state index is 11.9. The van der Waals surface area contributed by atoms with Crippen LogP contribution in [0.15, 0.2) is 47.2 Å². The minimum atomic E-state index is -0.164. The normalized spacial score (nSPS) is 10.8. The first-order valence-corrected chi connectivity index (χ1v) is 9.09. The molecule has 3 rings (SSSR count). The molecule has 0 atom stereocenters. The van der Waals surface area contributed by atoms with E-state index in [9.17, 15) is 4.79 Å². The second-order valence-electron chi connectivity index (χ2n) is 5.24. The topological polar surface area (TPSA) is 67.2 Å². The van der Waals surface area contributed by atoms with Gasteiger partial charge < -0.3 is 15.1 Å². The maximum absolute atomic E-state index is 11.9. The number of hydrogen-bond donors (Lipinski definition) is 2. The number of aromatic nitrogens is 1. The second kappa shape index (κ2) is 8.49. The largest absolute Gasteiger partial charge is 0.468 e. The van der Waals surface area contributed by atoms with E-state index in [1.807, 2.05) is 12.1 Å². The molecule has 0 unspecified atom stereocenters. The number of halogens is 2. The molecule has 0 spiro atoms. The van der Waals surface area contributed by atoms with Crippen LogP contribution in [0.4, 0.5) is 5.13 Å². The van der Waals surface area contributed by atoms with E-state index >= 15 is 0 Å². The summed E-state index contributed by atoms with van der Waals surface area (Å²) in [6, 6.07) is 9.06. The standard InChI is InChI=1S/C17H15Cl2N3O2S/c18-14-4-1-5-15(19)13(14)7-12-9-21-17(25-12)22-16(23)10-20-8-11-3-2-6-24-11/h1-6,9,20H,7-8,10H2,(H,21,22,23). The molecule has 130 valence electrons. The average molecular weight is 396 g/mol. The lowest BCUT2D eigenvalue weighted by Gasteiger charge is -2.04. The number of nitrogens with zero attached hydrogens (tertiary/aromatic N) is 1. The summed E-state index contributed by atoms with van der Waals surface area (Å²) in [4.78, 5) is 17.1. The summed E-state index contributed by atoms with van der Waals surface area (Å²) in [5, 5.41) is 7.55. The lowest BCUT2D eigenvalue weighted by atomic mass is 10.1. The maximum Gasteiger partial charge on any atom is 0.240 e. The Morgan fingerprint density at radius 1 is 1.20 bits per heavy atom. The molecule has 2 N–H and O–H groups in total. The first-order valence-electron chi connectivity index (χ1n) is 7.52. The van der Waals surface area contributed by atoms with E-state index in [1.165, 1.54) is 11.3 Å². The van der Waals surface area contributed by atoms with Gasteiger partial charge in [-0.05, 0) is 29.8 Å². The van der Waals surface area contributed by atoms with Gasteiger partial charge in [0.05, 0.1) is 19.4 Å². The number of carbonyl (C=O) groups excluding carboxylic acids is 1. The number of benzene rings is 1. The minimum Gasteiger partial charge on any atom is -0.468 e. The molecule has 25 heavy (non-hydrogen) atoms. The highest BCUT2D eigenvalue weighted by molar-refractivity contribution is 7.15. The first kappa shape index (κ1) is 17.9. The van der Waals surface area contributed by atoms with Crippen molar-refractivity contribution in [3.05, 3.63) is 69.0 Å². The van der Waals surface area contributed by atoms with E-state index in [0.29, 0.717) is 28.1 Å². The number of nitrogens with one attached hydrogen (secondary N) is 2. The predicted molar refractivity (Wildman–Crippen MR) is 100 cm³/mol. The molecule has 0 saturated heterocycles. The smallest absolute Gasteiger partial charge is 0.240 e. The molecule has 0 fully saturated rings. The Hall–Kier alpha value is -1.86. The van der Waals surface area contributed by atoms with Gasteiger partial charge in [-0.25, -0.2) is 4.98 Å². The van der Waals surface area contributed by atoms with Gasteiger partial charge in [-0.1, -0.05) is 29.3 Å². The van der Waals surface area contributed by atoms with Crippen LogP contribution >= 0.6 is 34.5 Å². The summed E-state index contributed by atoms with van der Waals surface area (Å²) in [6.07, 6.45) is 3.89. The summed E-state index contributed by atoms with van der Waals surface area (Å²) in [5.74, 6) is 0.615. The second-order valence-corrected chi connectivity index (χ2v) is 7.17. The van der Waals surface area contributed by atoms with Crippen molar-refractivity contribution in [1.29, 1.82) is 0 Å². The van der Waals surface area contributed by atoms with Crippen molar-refractivity contribution in [3.63, 3.8) is 0 Å². The molecule has 0 radical (unpaired) electrons. The molecular formula is C17H15Cl2N3O2S. The molecule has 0 saturated carbocycles. The van der Waals surface area contributed by atoms with Crippen molar-refractivity contribution < 1.29 is 9.21 Å². The summed E-state index contributed by atoms with van der Waals surface area (Å²) in [7, 11) is 0. The highest BCUT2D eigenvalue weighted by Crippen LogP contribution is 2.29. The zero-order valence-corrected chi connectivity index (χ0v) is 15.4. The van der Waals surface area contributed by atoms with Crippen molar-refractivity contribution in [3.8, 4) is 0 Å². The van der Waals surface area contributed by atoms with Gasteiger partial charge in [0, 0.05) is 27.5 Å². The summed E-state index contributed by atoms with van der Waals surface area (Å²) >= 11 is 13.8. The van der Waals surface area contributed by atoms with E-state index in [4.69, 9.17) is 27.6 Å². The van der Waals surface area contributed by atoms with Gasteiger partial charge in [-0.2, -0.15) is 0 Å². The molecule has 1 aromatic carbocycles. The number of rotatable bonds is 7. The van der Waals surface area contributed by atoms with Gasteiger partial charge in [0.15, 0.2) is 5.13 Å². The number of anilines is 1. The van der Waals surface area contributed by atoms with E-state index in [2.05, 4.69) is 15.6 Å². The molecule has 3 aromatic rings. The Bertz CT molecular complexity index is 829. The fraction of sp³-hybridized carbons (Fsp3) is 0.176. The van der Waals surface area contributed by atoms with Crippen molar-refractivity contribution >= 4 is 45.6 Å². The van der Waals surface area contributed by atoms with Gasteiger partial charge in [-0.3, -0.25) is 4.79 Å². The lowest BCUT2D eigenvalue weighted by Crippen LogP contribution is -2.27. The monoisotopic (exact) mass is 395 g/mol. The summed E-state index contributed by atoms with van der Waals surface area (Å²) in [6.45, 7) is 0.667. The molecule has 2 aromatic heterocycles. The quantitative estimate of drug-likeness (QED) is 0.623. The van der Waals surface area contributed by atoms with Crippen LogP contribution in [0.5, 0.6) is 0 Å². The lowest BCUT2D eigenvalue weighted by molar-refractivity contribution is -0.115. The third-order valence-electron chi connectivity index (χ3n) is 3.38. The number of amides is 1. The van der Waals surface area contributed by atoms with Crippen LogP contribution < -0.4 is 10.6 Å². The Balaban J connectivity index is 1.52. The number of hydrogen-bond acceptors (Lipinski definition) is 5.